The van der Waals surface area contributed by atoms with E-state index >= 15 is 0 Å². The predicted molar refractivity (Wildman–Crippen MR) is 91.4 cm³/mol. The van der Waals surface area contributed by atoms with E-state index in [9.17, 15) is 15.0 Å². The number of benzene rings is 1. The van der Waals surface area contributed by atoms with Crippen molar-refractivity contribution in [3.63, 3.8) is 0 Å². The van der Waals surface area contributed by atoms with E-state index in [0.29, 0.717) is 17.0 Å². The molecule has 0 radical (unpaired) electrons. The van der Waals surface area contributed by atoms with Gasteiger partial charge in [-0.05, 0) is 26.3 Å². The SMILES string of the molecule is CC(O)[C@]1(C)O[C@H](O)[C@@]2(C)c3c([nH]cc(-c4ccccc4)c3=O)O[C@H]21. The Labute approximate surface area is 145 Å². The summed E-state index contributed by atoms with van der Waals surface area (Å²) in [5.41, 5.74) is -0.758. The summed E-state index contributed by atoms with van der Waals surface area (Å²) in [7, 11) is 0. The first-order valence-electron chi connectivity index (χ1n) is 8.32. The van der Waals surface area contributed by atoms with Crippen molar-refractivity contribution in [3.8, 4) is 17.0 Å². The Morgan fingerprint density at radius 1 is 1.24 bits per heavy atom. The number of aliphatic hydroxyl groups is 2. The summed E-state index contributed by atoms with van der Waals surface area (Å²) in [6.45, 7) is 5.01. The summed E-state index contributed by atoms with van der Waals surface area (Å²) in [5, 5.41) is 20.8. The molecule has 6 heteroatoms. The molecule has 6 nitrogen and oxygen atoms in total. The summed E-state index contributed by atoms with van der Waals surface area (Å²) in [6.07, 6.45) is -1.20. The van der Waals surface area contributed by atoms with E-state index in [0.717, 1.165) is 5.56 Å². The number of H-pyrrole nitrogens is 1. The van der Waals surface area contributed by atoms with E-state index in [2.05, 4.69) is 4.98 Å². The maximum Gasteiger partial charge on any atom is 0.199 e. The number of ether oxygens (including phenoxy) is 2. The number of aromatic amines is 1. The van der Waals surface area contributed by atoms with E-state index in [4.69, 9.17) is 9.47 Å². The Morgan fingerprint density at radius 2 is 1.92 bits per heavy atom. The molecule has 1 fully saturated rings. The highest BCUT2D eigenvalue weighted by atomic mass is 16.7. The minimum Gasteiger partial charge on any atom is -0.471 e. The average molecular weight is 343 g/mol. The summed E-state index contributed by atoms with van der Waals surface area (Å²) >= 11 is 0. The van der Waals surface area contributed by atoms with Crippen LogP contribution in [0.2, 0.25) is 0 Å². The lowest BCUT2D eigenvalue weighted by molar-refractivity contribution is -0.184. The first-order chi connectivity index (χ1) is 11.8. The van der Waals surface area contributed by atoms with Crippen molar-refractivity contribution in [1.29, 1.82) is 0 Å². The second-order valence-electron chi connectivity index (χ2n) is 7.21. The third-order valence-electron chi connectivity index (χ3n) is 5.68. The molecule has 5 atom stereocenters. The Morgan fingerprint density at radius 3 is 2.56 bits per heavy atom. The Bertz CT molecular complexity index is 877. The van der Waals surface area contributed by atoms with Crippen molar-refractivity contribution >= 4 is 0 Å². The normalized spacial score (nSPS) is 34.3. The number of nitrogens with one attached hydrogen (secondary N) is 1. The number of hydrogen-bond donors (Lipinski definition) is 3. The summed E-state index contributed by atoms with van der Waals surface area (Å²) < 4.78 is 11.6. The van der Waals surface area contributed by atoms with Gasteiger partial charge < -0.3 is 24.7 Å². The van der Waals surface area contributed by atoms with Gasteiger partial charge in [0.25, 0.3) is 0 Å². The maximum atomic E-state index is 13.2. The molecule has 0 saturated carbocycles. The predicted octanol–water partition coefficient (Wildman–Crippen LogP) is 1.55. The largest absolute Gasteiger partial charge is 0.471 e. The number of fused-ring (bicyclic) bond motifs is 3. The van der Waals surface area contributed by atoms with Crippen LogP contribution < -0.4 is 10.2 Å². The van der Waals surface area contributed by atoms with Crippen molar-refractivity contribution in [2.24, 2.45) is 0 Å². The zero-order valence-electron chi connectivity index (χ0n) is 14.3. The lowest BCUT2D eigenvalue weighted by atomic mass is 9.74. The number of hydrogen-bond acceptors (Lipinski definition) is 5. The molecule has 0 aliphatic carbocycles. The first kappa shape index (κ1) is 16.3. The third-order valence-corrected chi connectivity index (χ3v) is 5.68. The molecule has 1 saturated heterocycles. The summed E-state index contributed by atoms with van der Waals surface area (Å²) in [6, 6.07) is 9.32. The van der Waals surface area contributed by atoms with E-state index < -0.39 is 29.5 Å². The molecule has 3 heterocycles. The molecule has 0 spiro atoms. The van der Waals surface area contributed by atoms with Gasteiger partial charge in [0, 0.05) is 11.8 Å². The lowest BCUT2D eigenvalue weighted by Gasteiger charge is -2.32. The molecule has 0 bridgehead atoms. The fourth-order valence-electron chi connectivity index (χ4n) is 4.01. The van der Waals surface area contributed by atoms with Crippen LogP contribution in [0.5, 0.6) is 5.88 Å². The van der Waals surface area contributed by atoms with Crippen LogP contribution in [-0.2, 0) is 10.2 Å². The summed E-state index contributed by atoms with van der Waals surface area (Å²) in [4.78, 5) is 16.2. The summed E-state index contributed by atoms with van der Waals surface area (Å²) in [5.74, 6) is 0.325. The zero-order valence-corrected chi connectivity index (χ0v) is 14.3. The molecule has 0 amide bonds. The molecule has 132 valence electrons. The standard InChI is InChI=1S/C19H21NO5/c1-10(21)19(3)16-18(2,17(23)25-19)13-14(22)12(9-20-15(13)24-16)11-7-5-4-6-8-11/h4-10,16-17,21,23H,1-3H3,(H,20,22)/t10?,16-,17+,18+,19+/m1/s1. The average Bonchev–Trinajstić information content (AvgIpc) is 3.00. The Balaban J connectivity index is 1.91. The maximum absolute atomic E-state index is 13.2. The van der Waals surface area contributed by atoms with Crippen molar-refractivity contribution in [2.75, 3.05) is 0 Å². The van der Waals surface area contributed by atoms with Gasteiger partial charge in [-0.3, -0.25) is 4.79 Å². The number of aliphatic hydroxyl groups excluding tert-OH is 2. The quantitative estimate of drug-likeness (QED) is 0.769. The molecule has 2 aliphatic rings. The topological polar surface area (TPSA) is 91.8 Å². The zero-order chi connectivity index (χ0) is 18.0. The van der Waals surface area contributed by atoms with Crippen LogP contribution in [0.1, 0.15) is 26.3 Å². The third kappa shape index (κ3) is 1.99. The van der Waals surface area contributed by atoms with Gasteiger partial charge in [-0.25, -0.2) is 0 Å². The molecule has 3 N–H and O–H groups in total. The monoisotopic (exact) mass is 343 g/mol. The van der Waals surface area contributed by atoms with Crippen molar-refractivity contribution in [3.05, 3.63) is 52.3 Å². The minimum absolute atomic E-state index is 0.206. The van der Waals surface area contributed by atoms with Crippen molar-refractivity contribution in [2.45, 2.75) is 50.3 Å². The molecule has 25 heavy (non-hydrogen) atoms. The van der Waals surface area contributed by atoms with E-state index in [1.54, 1.807) is 27.0 Å². The molecule has 4 rings (SSSR count). The van der Waals surface area contributed by atoms with Gasteiger partial charge in [-0.2, -0.15) is 0 Å². The van der Waals surface area contributed by atoms with Gasteiger partial charge in [0.05, 0.1) is 17.1 Å². The Kier molecular flexibility index (Phi) is 3.38. The smallest absolute Gasteiger partial charge is 0.199 e. The second kappa shape index (κ2) is 5.17. The first-order valence-corrected chi connectivity index (χ1v) is 8.32. The van der Waals surface area contributed by atoms with E-state index in [1.165, 1.54) is 0 Å². The van der Waals surface area contributed by atoms with Gasteiger partial charge in [0.2, 0.25) is 0 Å². The van der Waals surface area contributed by atoms with Crippen LogP contribution in [0, 0.1) is 0 Å². The van der Waals surface area contributed by atoms with Gasteiger partial charge in [-0.15, -0.1) is 0 Å². The van der Waals surface area contributed by atoms with Gasteiger partial charge in [-0.1, -0.05) is 30.3 Å². The molecular weight excluding hydrogens is 322 g/mol. The second-order valence-corrected chi connectivity index (χ2v) is 7.21. The molecule has 2 aliphatic heterocycles. The molecule has 2 aromatic rings. The molecular formula is C19H21NO5. The van der Waals surface area contributed by atoms with Gasteiger partial charge in [0.1, 0.15) is 11.7 Å². The number of rotatable bonds is 2. The van der Waals surface area contributed by atoms with Crippen LogP contribution in [0.3, 0.4) is 0 Å². The fourth-order valence-corrected chi connectivity index (χ4v) is 4.01. The van der Waals surface area contributed by atoms with Crippen molar-refractivity contribution in [1.82, 2.24) is 4.98 Å². The number of aromatic nitrogens is 1. The van der Waals surface area contributed by atoms with Crippen LogP contribution in [0.15, 0.2) is 41.3 Å². The van der Waals surface area contributed by atoms with Crippen molar-refractivity contribution < 1.29 is 19.7 Å². The molecule has 1 aromatic carbocycles. The molecule has 1 aromatic heterocycles. The minimum atomic E-state index is -1.26. The lowest BCUT2D eigenvalue weighted by Crippen LogP contribution is -2.52. The van der Waals surface area contributed by atoms with Crippen LogP contribution in [0.25, 0.3) is 11.1 Å². The van der Waals surface area contributed by atoms with E-state index in [1.807, 2.05) is 30.3 Å². The van der Waals surface area contributed by atoms with E-state index in [-0.39, 0.29) is 5.43 Å². The van der Waals surface area contributed by atoms with Gasteiger partial charge in [0.15, 0.2) is 17.6 Å². The molecule has 1 unspecified atom stereocenters. The highest BCUT2D eigenvalue weighted by Crippen LogP contribution is 2.54. The van der Waals surface area contributed by atoms with Crippen LogP contribution in [-0.4, -0.2) is 39.3 Å². The highest BCUT2D eigenvalue weighted by molar-refractivity contribution is 5.65. The fraction of sp³-hybridized carbons (Fsp3) is 0.421. The van der Waals surface area contributed by atoms with Crippen LogP contribution >= 0.6 is 0 Å². The Hall–Kier alpha value is -2.15. The van der Waals surface area contributed by atoms with Crippen LogP contribution in [0.4, 0.5) is 0 Å². The number of pyridine rings is 1. The highest BCUT2D eigenvalue weighted by Gasteiger charge is 2.68. The van der Waals surface area contributed by atoms with Gasteiger partial charge >= 0.3 is 0 Å².